The zero-order valence-corrected chi connectivity index (χ0v) is 15.2. The van der Waals surface area contributed by atoms with Crippen LogP contribution in [0.4, 0.5) is 22.0 Å². The van der Waals surface area contributed by atoms with E-state index in [0.29, 0.717) is 29.4 Å². The number of hydrogen-bond acceptors (Lipinski definition) is 3. The maximum Gasteiger partial charge on any atom is 0.573 e. The molecule has 1 aliphatic rings. The van der Waals surface area contributed by atoms with Gasteiger partial charge < -0.3 is 4.74 Å². The summed E-state index contributed by atoms with van der Waals surface area (Å²) in [5.74, 6) is -2.81. The maximum absolute atomic E-state index is 14.2. The molecule has 2 aromatic carbocycles. The number of hydrogen-bond donors (Lipinski definition) is 0. The Balaban J connectivity index is 1.94. The van der Waals surface area contributed by atoms with E-state index in [0.717, 1.165) is 24.3 Å². The van der Waals surface area contributed by atoms with Crippen LogP contribution >= 0.6 is 0 Å². The first-order chi connectivity index (χ1) is 13.0. The molecule has 2 aromatic rings. The Labute approximate surface area is 157 Å². The van der Waals surface area contributed by atoms with Gasteiger partial charge in [-0.05, 0) is 53.0 Å². The largest absolute Gasteiger partial charge is 0.573 e. The zero-order valence-electron chi connectivity index (χ0n) is 14.3. The van der Waals surface area contributed by atoms with Crippen molar-refractivity contribution in [1.29, 1.82) is 0 Å². The van der Waals surface area contributed by atoms with Crippen LogP contribution < -0.4 is 4.74 Å². The molecule has 0 radical (unpaired) electrons. The number of alkyl halides is 3. The molecule has 148 valence electrons. The summed E-state index contributed by atoms with van der Waals surface area (Å²) in [6, 6.07) is 6.89. The molecule has 0 atom stereocenters. The summed E-state index contributed by atoms with van der Waals surface area (Å²) in [6.07, 6.45) is -0.226. The van der Waals surface area contributed by atoms with Crippen LogP contribution in [0.5, 0.6) is 5.75 Å². The molecular weight excluding hydrogens is 403 g/mol. The van der Waals surface area contributed by atoms with Gasteiger partial charge in [0.2, 0.25) is 0 Å². The van der Waals surface area contributed by atoms with E-state index in [1.807, 2.05) is 0 Å². The highest BCUT2D eigenvalue weighted by Crippen LogP contribution is 2.38. The molecule has 0 heterocycles. The average Bonchev–Trinajstić information content (AvgIpc) is 3.01. The van der Waals surface area contributed by atoms with Gasteiger partial charge in [-0.2, -0.15) is 0 Å². The lowest BCUT2D eigenvalue weighted by Gasteiger charge is -2.13. The van der Waals surface area contributed by atoms with Gasteiger partial charge in [0.25, 0.3) is 0 Å². The molecule has 9 heteroatoms. The molecule has 0 amide bonds. The van der Waals surface area contributed by atoms with E-state index in [1.54, 1.807) is 12.2 Å². The van der Waals surface area contributed by atoms with Gasteiger partial charge in [0.15, 0.2) is 9.84 Å². The Morgan fingerprint density at radius 1 is 0.893 bits per heavy atom. The van der Waals surface area contributed by atoms with E-state index >= 15 is 0 Å². The topological polar surface area (TPSA) is 43.4 Å². The van der Waals surface area contributed by atoms with Gasteiger partial charge in [-0.3, -0.25) is 0 Å². The lowest BCUT2D eigenvalue weighted by molar-refractivity contribution is -0.274. The zero-order chi connectivity index (χ0) is 20.7. The second kappa shape index (κ2) is 7.05. The third-order valence-electron chi connectivity index (χ3n) is 4.01. The molecule has 28 heavy (non-hydrogen) atoms. The molecule has 0 saturated carbocycles. The van der Waals surface area contributed by atoms with Gasteiger partial charge in [0, 0.05) is 6.26 Å². The van der Waals surface area contributed by atoms with Gasteiger partial charge in [-0.15, -0.1) is 13.2 Å². The lowest BCUT2D eigenvalue weighted by Crippen LogP contribution is -2.17. The number of sulfone groups is 1. The summed E-state index contributed by atoms with van der Waals surface area (Å²) in [5.41, 5.74) is 1.65. The van der Waals surface area contributed by atoms with Crippen molar-refractivity contribution in [2.75, 3.05) is 6.26 Å². The molecule has 0 bridgehead atoms. The minimum Gasteiger partial charge on any atom is -0.406 e. The van der Waals surface area contributed by atoms with E-state index in [4.69, 9.17) is 0 Å². The Hall–Kier alpha value is -2.68. The first-order valence-corrected chi connectivity index (χ1v) is 9.81. The molecular formula is C19H13F5O3S. The minimum atomic E-state index is -4.81. The fourth-order valence-electron chi connectivity index (χ4n) is 2.97. The van der Waals surface area contributed by atoms with E-state index < -0.39 is 38.5 Å². The van der Waals surface area contributed by atoms with Crippen molar-refractivity contribution < 1.29 is 35.1 Å². The standard InChI is InChI=1S/C19H13F5O3S/c1-28(25,26)18-16(20)9-12(10-17(18)21)15-4-2-3-14(15)11-5-7-13(8-6-11)27-19(22,23)24/h3-10H,2H2,1H3. The number of rotatable bonds is 4. The van der Waals surface area contributed by atoms with Crippen LogP contribution in [0, 0.1) is 11.6 Å². The van der Waals surface area contributed by atoms with Crippen LogP contribution in [0.25, 0.3) is 11.1 Å². The van der Waals surface area contributed by atoms with Gasteiger partial charge in [0.1, 0.15) is 22.3 Å². The van der Waals surface area contributed by atoms with Crippen molar-refractivity contribution in [2.45, 2.75) is 17.7 Å². The predicted octanol–water partition coefficient (Wildman–Crippen LogP) is 5.14. The highest BCUT2D eigenvalue weighted by atomic mass is 32.2. The van der Waals surface area contributed by atoms with Crippen molar-refractivity contribution in [3.63, 3.8) is 0 Å². The molecule has 0 unspecified atom stereocenters. The predicted molar refractivity (Wildman–Crippen MR) is 93.2 cm³/mol. The fourth-order valence-corrected chi connectivity index (χ4v) is 3.79. The summed E-state index contributed by atoms with van der Waals surface area (Å²) < 4.78 is 92.1. The summed E-state index contributed by atoms with van der Waals surface area (Å²) in [6.45, 7) is 0. The molecule has 3 rings (SSSR count). The quantitative estimate of drug-likeness (QED) is 0.649. The van der Waals surface area contributed by atoms with Crippen molar-refractivity contribution in [3.05, 3.63) is 71.3 Å². The molecule has 0 aromatic heterocycles. The Bertz CT molecular complexity index is 1060. The van der Waals surface area contributed by atoms with Crippen molar-refractivity contribution in [3.8, 4) is 5.75 Å². The van der Waals surface area contributed by atoms with Crippen LogP contribution in [0.3, 0.4) is 0 Å². The summed E-state index contributed by atoms with van der Waals surface area (Å²) in [5, 5.41) is 0. The van der Waals surface area contributed by atoms with Crippen LogP contribution in [0.15, 0.2) is 53.4 Å². The average molecular weight is 416 g/mol. The van der Waals surface area contributed by atoms with Crippen LogP contribution in [0.1, 0.15) is 17.5 Å². The second-order valence-electron chi connectivity index (χ2n) is 6.08. The van der Waals surface area contributed by atoms with E-state index in [2.05, 4.69) is 4.74 Å². The van der Waals surface area contributed by atoms with Gasteiger partial charge in [-0.1, -0.05) is 24.3 Å². The van der Waals surface area contributed by atoms with Gasteiger partial charge in [-0.25, -0.2) is 17.2 Å². The molecule has 1 aliphatic carbocycles. The first kappa shape index (κ1) is 20.1. The summed E-state index contributed by atoms with van der Waals surface area (Å²) in [4.78, 5) is -1.01. The van der Waals surface area contributed by atoms with E-state index in [-0.39, 0.29) is 5.56 Å². The fraction of sp³-hybridized carbons (Fsp3) is 0.158. The third-order valence-corrected chi connectivity index (χ3v) is 5.14. The van der Waals surface area contributed by atoms with Crippen molar-refractivity contribution in [1.82, 2.24) is 0 Å². The summed E-state index contributed by atoms with van der Waals surface area (Å²) in [7, 11) is -4.08. The van der Waals surface area contributed by atoms with Gasteiger partial charge in [0.05, 0.1) is 0 Å². The third kappa shape index (κ3) is 4.24. The number of benzene rings is 2. The lowest BCUT2D eigenvalue weighted by atomic mass is 9.95. The number of ether oxygens (including phenoxy) is 1. The monoisotopic (exact) mass is 416 g/mol. The first-order valence-electron chi connectivity index (χ1n) is 7.92. The molecule has 0 aliphatic heterocycles. The molecule has 0 fully saturated rings. The molecule has 0 spiro atoms. The smallest absolute Gasteiger partial charge is 0.406 e. The number of halogens is 5. The van der Waals surface area contributed by atoms with Crippen molar-refractivity contribution >= 4 is 21.0 Å². The number of allylic oxidation sites excluding steroid dienone is 4. The highest BCUT2D eigenvalue weighted by Gasteiger charge is 2.31. The van der Waals surface area contributed by atoms with Gasteiger partial charge >= 0.3 is 6.36 Å². The van der Waals surface area contributed by atoms with E-state index in [9.17, 15) is 30.4 Å². The Kier molecular flexibility index (Phi) is 5.05. The highest BCUT2D eigenvalue weighted by molar-refractivity contribution is 7.90. The summed E-state index contributed by atoms with van der Waals surface area (Å²) >= 11 is 0. The van der Waals surface area contributed by atoms with Crippen LogP contribution in [-0.4, -0.2) is 21.0 Å². The van der Waals surface area contributed by atoms with E-state index in [1.165, 1.54) is 12.1 Å². The minimum absolute atomic E-state index is 0.127. The Morgan fingerprint density at radius 2 is 1.39 bits per heavy atom. The SMILES string of the molecule is CS(=O)(=O)c1c(F)cc(C2=CCC=C2c2ccc(OC(F)(F)F)cc2)cc1F. The second-order valence-corrected chi connectivity index (χ2v) is 8.04. The van der Waals surface area contributed by atoms with Crippen molar-refractivity contribution in [2.24, 2.45) is 0 Å². The Morgan fingerprint density at radius 3 is 1.86 bits per heavy atom. The molecule has 3 nitrogen and oxygen atoms in total. The molecule has 0 saturated heterocycles. The van der Waals surface area contributed by atoms with Crippen LogP contribution in [0.2, 0.25) is 0 Å². The van der Waals surface area contributed by atoms with Crippen LogP contribution in [-0.2, 0) is 9.84 Å². The maximum atomic E-state index is 14.2. The molecule has 0 N–H and O–H groups in total. The normalized spacial score (nSPS) is 14.6.